The van der Waals surface area contributed by atoms with Crippen LogP contribution in [0.2, 0.25) is 5.15 Å². The van der Waals surface area contributed by atoms with Crippen LogP contribution in [0.25, 0.3) is 11.2 Å². The first-order chi connectivity index (χ1) is 8.27. The predicted molar refractivity (Wildman–Crippen MR) is 63.8 cm³/mol. The molecule has 2 atom stereocenters. The molecule has 6 heteroatoms. The van der Waals surface area contributed by atoms with Crippen molar-refractivity contribution in [3.05, 3.63) is 17.8 Å². The quantitative estimate of drug-likeness (QED) is 0.788. The first-order valence-electron chi connectivity index (χ1n) is 5.78. The number of nitrogens with zero attached hydrogens (tertiary/aromatic N) is 4. The number of aromatic nitrogens is 4. The van der Waals surface area contributed by atoms with Crippen LogP contribution in [0.4, 0.5) is 0 Å². The van der Waals surface area contributed by atoms with Crippen molar-refractivity contribution in [1.29, 1.82) is 0 Å². The van der Waals surface area contributed by atoms with Gasteiger partial charge in [-0.3, -0.25) is 0 Å². The Bertz CT molecular complexity index is 541. The van der Waals surface area contributed by atoms with E-state index in [2.05, 4.69) is 15.0 Å². The Morgan fingerprint density at radius 2 is 2.06 bits per heavy atom. The molecule has 0 saturated heterocycles. The summed E-state index contributed by atoms with van der Waals surface area (Å²) in [7, 11) is 0. The summed E-state index contributed by atoms with van der Waals surface area (Å²) < 4.78 is 1.92. The van der Waals surface area contributed by atoms with Gasteiger partial charge in [-0.25, -0.2) is 15.0 Å². The number of aliphatic hydroxyl groups excluding tert-OH is 1. The molecule has 1 fully saturated rings. The average molecular weight is 253 g/mol. The summed E-state index contributed by atoms with van der Waals surface area (Å²) in [5.74, 6) is 0. The average Bonchev–Trinajstić information content (AvgIpc) is 2.75. The molecular weight excluding hydrogens is 240 g/mol. The Hall–Kier alpha value is -1.20. The Labute approximate surface area is 103 Å². The zero-order valence-electron chi connectivity index (χ0n) is 9.25. The minimum Gasteiger partial charge on any atom is -0.391 e. The van der Waals surface area contributed by atoms with E-state index in [1.165, 1.54) is 6.33 Å². The Balaban J connectivity index is 2.08. The van der Waals surface area contributed by atoms with Gasteiger partial charge in [0.25, 0.3) is 0 Å². The van der Waals surface area contributed by atoms with Crippen LogP contribution in [-0.2, 0) is 0 Å². The highest BCUT2D eigenvalue weighted by Crippen LogP contribution is 2.31. The third-order valence-corrected chi connectivity index (χ3v) is 3.64. The van der Waals surface area contributed by atoms with Gasteiger partial charge >= 0.3 is 0 Å². The second-order valence-corrected chi connectivity index (χ2v) is 4.77. The van der Waals surface area contributed by atoms with Gasteiger partial charge in [0.15, 0.2) is 10.8 Å². The van der Waals surface area contributed by atoms with Crippen molar-refractivity contribution in [3.63, 3.8) is 0 Å². The van der Waals surface area contributed by atoms with Gasteiger partial charge < -0.3 is 9.67 Å². The molecule has 2 heterocycles. The van der Waals surface area contributed by atoms with E-state index in [1.807, 2.05) is 4.57 Å². The molecule has 2 aromatic heterocycles. The monoisotopic (exact) mass is 252 g/mol. The molecule has 1 aliphatic carbocycles. The second-order valence-electron chi connectivity index (χ2n) is 4.41. The smallest absolute Gasteiger partial charge is 0.165 e. The molecule has 0 radical (unpaired) electrons. The second kappa shape index (κ2) is 4.23. The van der Waals surface area contributed by atoms with Gasteiger partial charge in [0.1, 0.15) is 11.8 Å². The van der Waals surface area contributed by atoms with Gasteiger partial charge in [-0.1, -0.05) is 24.4 Å². The van der Waals surface area contributed by atoms with Crippen LogP contribution in [0.15, 0.2) is 12.7 Å². The summed E-state index contributed by atoms with van der Waals surface area (Å²) in [6.45, 7) is 0. The molecular formula is C11H13ClN4O. The molecule has 0 aliphatic heterocycles. The van der Waals surface area contributed by atoms with E-state index >= 15 is 0 Å². The maximum atomic E-state index is 10.0. The van der Waals surface area contributed by atoms with E-state index in [0.29, 0.717) is 16.3 Å². The number of fused-ring (bicyclic) bond motifs is 1. The Morgan fingerprint density at radius 3 is 2.88 bits per heavy atom. The highest BCUT2D eigenvalue weighted by atomic mass is 35.5. The van der Waals surface area contributed by atoms with Crippen LogP contribution in [0.5, 0.6) is 0 Å². The van der Waals surface area contributed by atoms with Crippen LogP contribution in [0.3, 0.4) is 0 Å². The first kappa shape index (κ1) is 10.9. The predicted octanol–water partition coefficient (Wildman–Crippen LogP) is 1.96. The SMILES string of the molecule is O[C@@H]1CCCC[C@H]1n1cnc2c(Cl)ncnc21. The molecule has 5 nitrogen and oxygen atoms in total. The summed E-state index contributed by atoms with van der Waals surface area (Å²) in [5.41, 5.74) is 1.31. The molecule has 0 spiro atoms. The van der Waals surface area contributed by atoms with Gasteiger partial charge in [0.2, 0.25) is 0 Å². The van der Waals surface area contributed by atoms with Crippen LogP contribution < -0.4 is 0 Å². The molecule has 1 N–H and O–H groups in total. The van der Waals surface area contributed by atoms with E-state index in [4.69, 9.17) is 11.6 Å². The first-order valence-corrected chi connectivity index (χ1v) is 6.16. The lowest BCUT2D eigenvalue weighted by atomic mass is 9.92. The van der Waals surface area contributed by atoms with E-state index in [9.17, 15) is 5.11 Å². The van der Waals surface area contributed by atoms with Gasteiger partial charge in [-0.15, -0.1) is 0 Å². The van der Waals surface area contributed by atoms with Gasteiger partial charge in [0, 0.05) is 0 Å². The maximum Gasteiger partial charge on any atom is 0.165 e. The van der Waals surface area contributed by atoms with Crippen molar-refractivity contribution in [2.45, 2.75) is 37.8 Å². The Kier molecular flexibility index (Phi) is 2.72. The third kappa shape index (κ3) is 1.79. The molecule has 0 unspecified atom stereocenters. The third-order valence-electron chi connectivity index (χ3n) is 3.37. The highest BCUT2D eigenvalue weighted by Gasteiger charge is 2.26. The molecule has 1 aliphatic rings. The summed E-state index contributed by atoms with van der Waals surface area (Å²) >= 11 is 5.96. The van der Waals surface area contributed by atoms with Crippen LogP contribution >= 0.6 is 11.6 Å². The zero-order valence-corrected chi connectivity index (χ0v) is 10.0. The summed E-state index contributed by atoms with van der Waals surface area (Å²) in [5, 5.41) is 10.4. The number of hydrogen-bond acceptors (Lipinski definition) is 4. The van der Waals surface area contributed by atoms with Crippen molar-refractivity contribution in [3.8, 4) is 0 Å². The minimum atomic E-state index is -0.324. The van der Waals surface area contributed by atoms with Crippen molar-refractivity contribution in [2.75, 3.05) is 0 Å². The van der Waals surface area contributed by atoms with E-state index < -0.39 is 0 Å². The Morgan fingerprint density at radius 1 is 1.24 bits per heavy atom. The van der Waals surface area contributed by atoms with Crippen molar-refractivity contribution in [1.82, 2.24) is 19.5 Å². The fraction of sp³-hybridized carbons (Fsp3) is 0.545. The molecule has 17 heavy (non-hydrogen) atoms. The molecule has 0 amide bonds. The van der Waals surface area contributed by atoms with Crippen LogP contribution in [0, 0.1) is 0 Å². The van der Waals surface area contributed by atoms with E-state index in [0.717, 1.165) is 25.7 Å². The fourth-order valence-corrected chi connectivity index (χ4v) is 2.66. The number of rotatable bonds is 1. The van der Waals surface area contributed by atoms with E-state index in [-0.39, 0.29) is 12.1 Å². The van der Waals surface area contributed by atoms with Crippen molar-refractivity contribution >= 4 is 22.8 Å². The number of halogens is 1. The minimum absolute atomic E-state index is 0.0553. The van der Waals surface area contributed by atoms with Crippen molar-refractivity contribution < 1.29 is 5.11 Å². The summed E-state index contributed by atoms with van der Waals surface area (Å²) in [6.07, 6.45) is 6.80. The molecule has 3 rings (SSSR count). The lowest BCUT2D eigenvalue weighted by Crippen LogP contribution is -2.27. The molecule has 2 aromatic rings. The highest BCUT2D eigenvalue weighted by molar-refractivity contribution is 6.33. The molecule has 0 bridgehead atoms. The number of imidazole rings is 1. The summed E-state index contributed by atoms with van der Waals surface area (Å²) in [4.78, 5) is 12.3. The fourth-order valence-electron chi connectivity index (χ4n) is 2.48. The molecule has 0 aromatic carbocycles. The topological polar surface area (TPSA) is 63.8 Å². The van der Waals surface area contributed by atoms with Crippen molar-refractivity contribution in [2.24, 2.45) is 0 Å². The number of hydrogen-bond donors (Lipinski definition) is 1. The standard InChI is InChI=1S/C11H13ClN4O/c12-10-9-11(14-5-13-10)16(6-15-9)7-3-1-2-4-8(7)17/h5-8,17H,1-4H2/t7-,8-/m1/s1. The van der Waals surface area contributed by atoms with Gasteiger partial charge in [-0.2, -0.15) is 0 Å². The normalized spacial score (nSPS) is 25.3. The summed E-state index contributed by atoms with van der Waals surface area (Å²) in [6, 6.07) is 0.0553. The lowest BCUT2D eigenvalue weighted by molar-refractivity contribution is 0.0770. The largest absolute Gasteiger partial charge is 0.391 e. The molecule has 90 valence electrons. The molecule has 1 saturated carbocycles. The van der Waals surface area contributed by atoms with Crippen LogP contribution in [-0.4, -0.2) is 30.7 Å². The maximum absolute atomic E-state index is 10.0. The lowest BCUT2D eigenvalue weighted by Gasteiger charge is -2.28. The van der Waals surface area contributed by atoms with Crippen LogP contribution in [0.1, 0.15) is 31.7 Å². The number of aliphatic hydroxyl groups is 1. The van der Waals surface area contributed by atoms with Gasteiger partial charge in [-0.05, 0) is 12.8 Å². The zero-order chi connectivity index (χ0) is 11.8. The van der Waals surface area contributed by atoms with E-state index in [1.54, 1.807) is 6.33 Å². The van der Waals surface area contributed by atoms with Gasteiger partial charge in [0.05, 0.1) is 18.5 Å².